The molecule has 0 aliphatic heterocycles. The summed E-state index contributed by atoms with van der Waals surface area (Å²) in [5.74, 6) is 0. The number of allylic oxidation sites excluding steroid dienone is 2. The predicted octanol–water partition coefficient (Wildman–Crippen LogP) is 1.53. The van der Waals surface area contributed by atoms with Crippen LogP contribution in [0.25, 0.3) is 0 Å². The number of hydrazone groups is 1. The molecule has 0 heterocycles. The molecule has 2 amide bonds. The van der Waals surface area contributed by atoms with Crippen molar-refractivity contribution in [1.29, 1.82) is 0 Å². The van der Waals surface area contributed by atoms with Crippen molar-refractivity contribution >= 4 is 12.2 Å². The largest absolute Gasteiger partial charge is 0.350 e. The number of amides is 2. The zero-order chi connectivity index (χ0) is 9.52. The summed E-state index contributed by atoms with van der Waals surface area (Å²) < 4.78 is 0. The maximum atomic E-state index is 10.3. The molecule has 0 aromatic heterocycles. The van der Waals surface area contributed by atoms with E-state index in [9.17, 15) is 4.79 Å². The third-order valence-corrected chi connectivity index (χ3v) is 1.98. The molecule has 4 nitrogen and oxygen atoms in total. The van der Waals surface area contributed by atoms with E-state index < -0.39 is 6.03 Å². The minimum Gasteiger partial charge on any atom is -0.350 e. The molecular weight excluding hydrogens is 166 g/mol. The van der Waals surface area contributed by atoms with Crippen molar-refractivity contribution in [3.05, 3.63) is 11.6 Å². The number of rotatable bonds is 2. The first-order valence-electron chi connectivity index (χ1n) is 4.56. The van der Waals surface area contributed by atoms with Crippen LogP contribution in [0.5, 0.6) is 0 Å². The highest BCUT2D eigenvalue weighted by Gasteiger charge is 1.99. The highest BCUT2D eigenvalue weighted by molar-refractivity contribution is 5.80. The smallest absolute Gasteiger partial charge is 0.332 e. The Kier molecular flexibility index (Phi) is 4.02. The Labute approximate surface area is 77.9 Å². The Morgan fingerprint density at radius 1 is 1.54 bits per heavy atom. The Morgan fingerprint density at radius 3 is 3.15 bits per heavy atom. The number of carbonyl (C=O) groups is 1. The van der Waals surface area contributed by atoms with E-state index in [0.717, 1.165) is 12.8 Å². The number of hydrogen-bond acceptors (Lipinski definition) is 2. The summed E-state index contributed by atoms with van der Waals surface area (Å²) in [5.41, 5.74) is 8.22. The van der Waals surface area contributed by atoms with E-state index in [1.54, 1.807) is 6.21 Å². The van der Waals surface area contributed by atoms with Crippen molar-refractivity contribution < 1.29 is 4.79 Å². The number of nitrogens with two attached hydrogens (primary N) is 1. The lowest BCUT2D eigenvalue weighted by Gasteiger charge is -1.96. The molecule has 0 aromatic rings. The summed E-state index contributed by atoms with van der Waals surface area (Å²) in [4.78, 5) is 10.3. The molecule has 13 heavy (non-hydrogen) atoms. The fraction of sp³-hybridized carbons (Fsp3) is 0.556. The van der Waals surface area contributed by atoms with Gasteiger partial charge in [-0.15, -0.1) is 0 Å². The van der Waals surface area contributed by atoms with E-state index in [-0.39, 0.29) is 0 Å². The minimum atomic E-state index is -0.620. The topological polar surface area (TPSA) is 67.5 Å². The van der Waals surface area contributed by atoms with Crippen LogP contribution in [0.2, 0.25) is 0 Å². The van der Waals surface area contributed by atoms with Gasteiger partial charge in [0.15, 0.2) is 0 Å². The van der Waals surface area contributed by atoms with Gasteiger partial charge in [-0.2, -0.15) is 5.10 Å². The maximum Gasteiger partial charge on any atom is 0.332 e. The van der Waals surface area contributed by atoms with Crippen LogP contribution in [0.1, 0.15) is 32.1 Å². The first-order valence-corrected chi connectivity index (χ1v) is 4.56. The molecule has 0 radical (unpaired) electrons. The van der Waals surface area contributed by atoms with Crippen molar-refractivity contribution in [1.82, 2.24) is 5.43 Å². The van der Waals surface area contributed by atoms with Crippen LogP contribution in [0.3, 0.4) is 0 Å². The Morgan fingerprint density at radius 2 is 2.38 bits per heavy atom. The predicted molar refractivity (Wildman–Crippen MR) is 52.4 cm³/mol. The third-order valence-electron chi connectivity index (χ3n) is 1.98. The van der Waals surface area contributed by atoms with Crippen LogP contribution in [0, 0.1) is 0 Å². The lowest BCUT2D eigenvalue weighted by molar-refractivity contribution is 0.249. The summed E-state index contributed by atoms with van der Waals surface area (Å²) in [6.07, 6.45) is 9.73. The second-order valence-electron chi connectivity index (χ2n) is 3.11. The average molecular weight is 181 g/mol. The SMILES string of the molecule is NC(=O)N/N=C/C1=CCCCCC1. The molecule has 0 saturated carbocycles. The molecule has 0 spiro atoms. The molecule has 0 bridgehead atoms. The normalized spacial score (nSPS) is 18.0. The van der Waals surface area contributed by atoms with E-state index in [2.05, 4.69) is 16.6 Å². The molecule has 4 heteroatoms. The van der Waals surface area contributed by atoms with Gasteiger partial charge in [-0.25, -0.2) is 10.2 Å². The molecule has 0 unspecified atom stereocenters. The molecule has 0 aromatic carbocycles. The Bertz CT molecular complexity index is 233. The van der Waals surface area contributed by atoms with E-state index in [4.69, 9.17) is 5.73 Å². The number of nitrogens with zero attached hydrogens (tertiary/aromatic N) is 1. The van der Waals surface area contributed by atoms with Gasteiger partial charge in [-0.3, -0.25) is 0 Å². The van der Waals surface area contributed by atoms with Gasteiger partial charge in [0.1, 0.15) is 0 Å². The fourth-order valence-electron chi connectivity index (χ4n) is 1.34. The van der Waals surface area contributed by atoms with Crippen LogP contribution >= 0.6 is 0 Å². The van der Waals surface area contributed by atoms with E-state index in [1.165, 1.54) is 24.8 Å². The van der Waals surface area contributed by atoms with Gasteiger partial charge in [0, 0.05) is 0 Å². The van der Waals surface area contributed by atoms with Crippen molar-refractivity contribution in [2.24, 2.45) is 10.8 Å². The fourth-order valence-corrected chi connectivity index (χ4v) is 1.34. The van der Waals surface area contributed by atoms with Crippen LogP contribution < -0.4 is 11.2 Å². The number of carbonyl (C=O) groups excluding carboxylic acids is 1. The summed E-state index contributed by atoms with van der Waals surface area (Å²) >= 11 is 0. The average Bonchev–Trinajstić information content (AvgIpc) is 2.32. The van der Waals surface area contributed by atoms with Crippen LogP contribution in [-0.4, -0.2) is 12.2 Å². The van der Waals surface area contributed by atoms with Crippen molar-refractivity contribution in [2.45, 2.75) is 32.1 Å². The molecule has 1 aliphatic rings. The quantitative estimate of drug-likeness (QED) is 0.492. The van der Waals surface area contributed by atoms with Gasteiger partial charge >= 0.3 is 6.03 Å². The van der Waals surface area contributed by atoms with Gasteiger partial charge < -0.3 is 5.73 Å². The summed E-state index contributed by atoms with van der Waals surface area (Å²) in [6, 6.07) is -0.620. The highest BCUT2D eigenvalue weighted by Crippen LogP contribution is 2.15. The second kappa shape index (κ2) is 5.35. The standard InChI is InChI=1S/C9H15N3O/c10-9(13)12-11-7-8-5-3-1-2-4-6-8/h5,7H,1-4,6H2,(H3,10,12,13)/b11-7+. The van der Waals surface area contributed by atoms with E-state index in [0.29, 0.717) is 0 Å². The van der Waals surface area contributed by atoms with Crippen molar-refractivity contribution in [3.63, 3.8) is 0 Å². The Hall–Kier alpha value is -1.32. The van der Waals surface area contributed by atoms with Crippen molar-refractivity contribution in [3.8, 4) is 0 Å². The Balaban J connectivity index is 2.37. The zero-order valence-corrected chi connectivity index (χ0v) is 7.62. The van der Waals surface area contributed by atoms with Crippen molar-refractivity contribution in [2.75, 3.05) is 0 Å². The molecular formula is C9H15N3O. The monoisotopic (exact) mass is 181 g/mol. The number of primary amides is 1. The molecule has 1 rings (SSSR count). The first kappa shape index (κ1) is 9.77. The van der Waals surface area contributed by atoms with E-state index >= 15 is 0 Å². The number of nitrogens with one attached hydrogen (secondary N) is 1. The van der Waals surface area contributed by atoms with Crippen LogP contribution in [0.15, 0.2) is 16.8 Å². The second-order valence-corrected chi connectivity index (χ2v) is 3.11. The molecule has 72 valence electrons. The molecule has 0 atom stereocenters. The summed E-state index contributed by atoms with van der Waals surface area (Å²) in [7, 11) is 0. The molecule has 3 N–H and O–H groups in total. The first-order chi connectivity index (χ1) is 6.29. The number of urea groups is 1. The maximum absolute atomic E-state index is 10.3. The van der Waals surface area contributed by atoms with Gasteiger partial charge in [0.25, 0.3) is 0 Å². The van der Waals surface area contributed by atoms with Crippen LogP contribution in [-0.2, 0) is 0 Å². The third kappa shape index (κ3) is 4.30. The minimum absolute atomic E-state index is 0.620. The van der Waals surface area contributed by atoms with Gasteiger partial charge in [0.05, 0.1) is 6.21 Å². The van der Waals surface area contributed by atoms with Crippen LogP contribution in [0.4, 0.5) is 4.79 Å². The summed E-state index contributed by atoms with van der Waals surface area (Å²) in [5, 5.41) is 3.72. The van der Waals surface area contributed by atoms with Gasteiger partial charge in [0.2, 0.25) is 0 Å². The van der Waals surface area contributed by atoms with Gasteiger partial charge in [-0.1, -0.05) is 12.5 Å². The lowest BCUT2D eigenvalue weighted by atomic mass is 10.1. The lowest BCUT2D eigenvalue weighted by Crippen LogP contribution is -2.24. The molecule has 0 saturated heterocycles. The summed E-state index contributed by atoms with van der Waals surface area (Å²) in [6.45, 7) is 0. The van der Waals surface area contributed by atoms with E-state index in [1.807, 2.05) is 0 Å². The highest BCUT2D eigenvalue weighted by atomic mass is 16.2. The zero-order valence-electron chi connectivity index (χ0n) is 7.62. The number of hydrogen-bond donors (Lipinski definition) is 2. The molecule has 1 aliphatic carbocycles. The van der Waals surface area contributed by atoms with Gasteiger partial charge in [-0.05, 0) is 31.3 Å². The molecule has 0 fully saturated rings.